The van der Waals surface area contributed by atoms with Gasteiger partial charge in [-0.15, -0.1) is 0 Å². The van der Waals surface area contributed by atoms with E-state index in [0.29, 0.717) is 38.3 Å². The first-order valence-electron chi connectivity index (χ1n) is 10.3. The van der Waals surface area contributed by atoms with Crippen LogP contribution in [0.3, 0.4) is 0 Å². The Labute approximate surface area is 181 Å². The van der Waals surface area contributed by atoms with Crippen molar-refractivity contribution >= 4 is 17.8 Å². The van der Waals surface area contributed by atoms with Crippen LogP contribution in [0.5, 0.6) is 5.75 Å². The van der Waals surface area contributed by atoms with Gasteiger partial charge in [0.1, 0.15) is 17.9 Å². The number of carbonyl (C=O) groups excluding carboxylic acids is 3. The second kappa shape index (κ2) is 10.6. The lowest BCUT2D eigenvalue weighted by Crippen LogP contribution is -2.42. The van der Waals surface area contributed by atoms with Gasteiger partial charge in [-0.3, -0.25) is 9.59 Å². The van der Waals surface area contributed by atoms with Crippen LogP contribution in [0.4, 0.5) is 0 Å². The van der Waals surface area contributed by atoms with Crippen molar-refractivity contribution in [2.45, 2.75) is 26.4 Å². The molecule has 1 saturated heterocycles. The Morgan fingerprint density at radius 2 is 1.77 bits per heavy atom. The lowest BCUT2D eigenvalue weighted by molar-refractivity contribution is -0.149. The van der Waals surface area contributed by atoms with E-state index in [1.165, 1.54) is 7.11 Å². The molecule has 0 aromatic heterocycles. The average Bonchev–Trinajstić information content (AvgIpc) is 2.80. The molecule has 7 nitrogen and oxygen atoms in total. The van der Waals surface area contributed by atoms with Crippen LogP contribution >= 0.6 is 0 Å². The van der Waals surface area contributed by atoms with E-state index in [4.69, 9.17) is 14.2 Å². The zero-order chi connectivity index (χ0) is 22.2. The number of piperidine rings is 1. The first-order chi connectivity index (χ1) is 15.0. The lowest BCUT2D eigenvalue weighted by atomic mass is 9.97. The van der Waals surface area contributed by atoms with Gasteiger partial charge in [-0.25, -0.2) is 4.79 Å². The fraction of sp³-hybridized carbons (Fsp3) is 0.375. The van der Waals surface area contributed by atoms with Crippen molar-refractivity contribution in [1.82, 2.24) is 4.90 Å². The van der Waals surface area contributed by atoms with E-state index >= 15 is 0 Å². The molecule has 0 aliphatic carbocycles. The summed E-state index contributed by atoms with van der Waals surface area (Å²) in [5, 5.41) is 0. The summed E-state index contributed by atoms with van der Waals surface area (Å²) in [5.74, 6) is -0.928. The van der Waals surface area contributed by atoms with E-state index in [1.807, 2.05) is 31.2 Å². The summed E-state index contributed by atoms with van der Waals surface area (Å²) < 4.78 is 15.8. The molecule has 3 rings (SSSR count). The first kappa shape index (κ1) is 22.3. The maximum Gasteiger partial charge on any atom is 0.342 e. The topological polar surface area (TPSA) is 82.1 Å². The highest BCUT2D eigenvalue weighted by molar-refractivity contribution is 5.94. The van der Waals surface area contributed by atoms with Crippen molar-refractivity contribution < 1.29 is 28.6 Å². The van der Waals surface area contributed by atoms with Gasteiger partial charge in [0.15, 0.2) is 6.61 Å². The lowest BCUT2D eigenvalue weighted by Gasteiger charge is -2.30. The van der Waals surface area contributed by atoms with Crippen molar-refractivity contribution in [3.05, 3.63) is 65.2 Å². The molecule has 2 aromatic carbocycles. The summed E-state index contributed by atoms with van der Waals surface area (Å²) in [5.41, 5.74) is 2.39. The predicted molar refractivity (Wildman–Crippen MR) is 114 cm³/mol. The molecule has 164 valence electrons. The van der Waals surface area contributed by atoms with Crippen LogP contribution in [0.15, 0.2) is 48.5 Å². The van der Waals surface area contributed by atoms with Gasteiger partial charge in [-0.1, -0.05) is 42.0 Å². The van der Waals surface area contributed by atoms with Crippen LogP contribution in [0.2, 0.25) is 0 Å². The first-order valence-corrected chi connectivity index (χ1v) is 10.3. The normalized spacial score (nSPS) is 14.1. The molecule has 0 bridgehead atoms. The summed E-state index contributed by atoms with van der Waals surface area (Å²) in [6.45, 7) is 2.84. The fourth-order valence-corrected chi connectivity index (χ4v) is 3.55. The third kappa shape index (κ3) is 6.07. The molecule has 2 aromatic rings. The van der Waals surface area contributed by atoms with Gasteiger partial charge in [-0.2, -0.15) is 0 Å². The number of hydrogen-bond acceptors (Lipinski definition) is 6. The molecule has 0 radical (unpaired) electrons. The minimum Gasteiger partial charge on any atom is -0.488 e. The van der Waals surface area contributed by atoms with Crippen molar-refractivity contribution in [3.63, 3.8) is 0 Å². The van der Waals surface area contributed by atoms with E-state index in [9.17, 15) is 14.4 Å². The standard InChI is InChI=1S/C24H27NO6/c1-17-6-5-7-18(14-17)15-30-21-9-4-3-8-20(21)24(28)31-16-22(26)25-12-10-19(11-13-25)23(27)29-2/h3-9,14,19H,10-13,15-16H2,1-2H3. The van der Waals surface area contributed by atoms with Crippen LogP contribution in [-0.4, -0.2) is 49.6 Å². The number of nitrogens with zero attached hydrogens (tertiary/aromatic N) is 1. The third-order valence-electron chi connectivity index (χ3n) is 5.29. The second-order valence-electron chi connectivity index (χ2n) is 7.53. The van der Waals surface area contributed by atoms with Crippen LogP contribution in [0, 0.1) is 12.8 Å². The largest absolute Gasteiger partial charge is 0.488 e. The number of aryl methyl sites for hydroxylation is 1. The van der Waals surface area contributed by atoms with E-state index in [0.717, 1.165) is 11.1 Å². The number of benzene rings is 2. The molecular formula is C24H27NO6. The number of rotatable bonds is 7. The zero-order valence-corrected chi connectivity index (χ0v) is 17.8. The van der Waals surface area contributed by atoms with Gasteiger partial charge in [0.05, 0.1) is 13.0 Å². The number of esters is 2. The Hall–Kier alpha value is -3.35. The average molecular weight is 425 g/mol. The van der Waals surface area contributed by atoms with Crippen molar-refractivity contribution in [2.24, 2.45) is 5.92 Å². The molecule has 0 spiro atoms. The quantitative estimate of drug-likeness (QED) is 0.634. The van der Waals surface area contributed by atoms with Gasteiger partial charge in [0.2, 0.25) is 0 Å². The molecule has 1 aliphatic heterocycles. The molecule has 0 unspecified atom stereocenters. The van der Waals surface area contributed by atoms with E-state index in [1.54, 1.807) is 29.2 Å². The van der Waals surface area contributed by atoms with Crippen LogP contribution in [0.25, 0.3) is 0 Å². The van der Waals surface area contributed by atoms with Crippen LogP contribution < -0.4 is 4.74 Å². The van der Waals surface area contributed by atoms with Crippen molar-refractivity contribution in [1.29, 1.82) is 0 Å². The molecule has 0 saturated carbocycles. The molecular weight excluding hydrogens is 398 g/mol. The van der Waals surface area contributed by atoms with E-state index in [2.05, 4.69) is 0 Å². The molecule has 0 N–H and O–H groups in total. The number of likely N-dealkylation sites (tertiary alicyclic amines) is 1. The summed E-state index contributed by atoms with van der Waals surface area (Å²) >= 11 is 0. The number of amides is 1. The highest BCUT2D eigenvalue weighted by Gasteiger charge is 2.28. The second-order valence-corrected chi connectivity index (χ2v) is 7.53. The monoisotopic (exact) mass is 425 g/mol. The zero-order valence-electron chi connectivity index (χ0n) is 17.8. The number of para-hydroxylation sites is 1. The molecule has 0 atom stereocenters. The predicted octanol–water partition coefficient (Wildman–Crippen LogP) is 3.14. The summed E-state index contributed by atoms with van der Waals surface area (Å²) in [4.78, 5) is 38.2. The Morgan fingerprint density at radius 3 is 2.48 bits per heavy atom. The van der Waals surface area contributed by atoms with Gasteiger partial charge >= 0.3 is 11.9 Å². The van der Waals surface area contributed by atoms with Crippen LogP contribution in [-0.2, 0) is 25.7 Å². The van der Waals surface area contributed by atoms with Crippen molar-refractivity contribution in [2.75, 3.05) is 26.8 Å². The van der Waals surface area contributed by atoms with Crippen molar-refractivity contribution in [3.8, 4) is 5.75 Å². The highest BCUT2D eigenvalue weighted by atomic mass is 16.5. The molecule has 7 heteroatoms. The fourth-order valence-electron chi connectivity index (χ4n) is 3.55. The molecule has 1 fully saturated rings. The molecule has 1 amide bonds. The maximum atomic E-state index is 12.6. The number of methoxy groups -OCH3 is 1. The van der Waals surface area contributed by atoms with E-state index in [-0.39, 0.29) is 30.0 Å². The van der Waals surface area contributed by atoms with Crippen LogP contribution in [0.1, 0.15) is 34.3 Å². The highest BCUT2D eigenvalue weighted by Crippen LogP contribution is 2.21. The number of hydrogen-bond donors (Lipinski definition) is 0. The van der Waals surface area contributed by atoms with Gasteiger partial charge in [-0.05, 0) is 37.5 Å². The maximum absolute atomic E-state index is 12.6. The van der Waals surface area contributed by atoms with Gasteiger partial charge in [0, 0.05) is 13.1 Å². The minimum absolute atomic E-state index is 0.186. The number of carbonyl (C=O) groups is 3. The molecule has 31 heavy (non-hydrogen) atoms. The Bertz CT molecular complexity index is 933. The molecule has 1 aliphatic rings. The SMILES string of the molecule is COC(=O)C1CCN(C(=O)COC(=O)c2ccccc2OCc2cccc(C)c2)CC1. The van der Waals surface area contributed by atoms with Gasteiger partial charge < -0.3 is 19.1 Å². The minimum atomic E-state index is -0.613. The Kier molecular flexibility index (Phi) is 7.65. The summed E-state index contributed by atoms with van der Waals surface area (Å²) in [6.07, 6.45) is 1.09. The third-order valence-corrected chi connectivity index (χ3v) is 5.29. The number of ether oxygens (including phenoxy) is 3. The summed E-state index contributed by atoms with van der Waals surface area (Å²) in [7, 11) is 1.36. The molecule has 1 heterocycles. The van der Waals surface area contributed by atoms with E-state index < -0.39 is 5.97 Å². The Morgan fingerprint density at radius 1 is 1.03 bits per heavy atom. The smallest absolute Gasteiger partial charge is 0.342 e. The Balaban J connectivity index is 1.52. The van der Waals surface area contributed by atoms with Gasteiger partial charge in [0.25, 0.3) is 5.91 Å². The summed E-state index contributed by atoms with van der Waals surface area (Å²) in [6, 6.07) is 14.7.